The Morgan fingerprint density at radius 2 is 2.35 bits per heavy atom. The molecule has 2 N–H and O–H groups in total. The molecule has 1 aliphatic rings. The Bertz CT molecular complexity index is 249. The normalized spacial score (nSPS) is 25.3. The predicted octanol–water partition coefficient (Wildman–Crippen LogP) is 0.709. The maximum absolute atomic E-state index is 11.4. The molecule has 3 unspecified atom stereocenters. The highest BCUT2D eigenvalue weighted by Gasteiger charge is 2.32. The van der Waals surface area contributed by atoms with E-state index in [4.69, 9.17) is 15.2 Å². The number of hydrogen-bond donors (Lipinski definition) is 1. The lowest BCUT2D eigenvalue weighted by Crippen LogP contribution is -2.48. The molecule has 1 rings (SSSR count). The molecule has 17 heavy (non-hydrogen) atoms. The van der Waals surface area contributed by atoms with Crippen molar-refractivity contribution in [2.24, 2.45) is 11.7 Å². The van der Waals surface area contributed by atoms with E-state index in [1.165, 1.54) is 7.11 Å². The van der Waals surface area contributed by atoms with Gasteiger partial charge in [-0.1, -0.05) is 0 Å². The van der Waals surface area contributed by atoms with Gasteiger partial charge in [-0.05, 0) is 20.3 Å². The highest BCUT2D eigenvalue weighted by molar-refractivity contribution is 5.79. The smallest absolute Gasteiger partial charge is 0.325 e. The van der Waals surface area contributed by atoms with Gasteiger partial charge in [-0.2, -0.15) is 0 Å². The molecule has 0 aromatic heterocycles. The van der Waals surface area contributed by atoms with Crippen LogP contribution >= 0.6 is 0 Å². The summed E-state index contributed by atoms with van der Waals surface area (Å²) in [5, 5.41) is 0. The third kappa shape index (κ3) is 4.61. The molecular formula is C12H23NO4. The second-order valence-electron chi connectivity index (χ2n) is 4.99. The molecule has 1 saturated heterocycles. The maximum atomic E-state index is 11.4. The van der Waals surface area contributed by atoms with E-state index in [2.05, 4.69) is 4.74 Å². The third-order valence-electron chi connectivity index (χ3n) is 3.00. The molecule has 1 fully saturated rings. The molecule has 100 valence electrons. The summed E-state index contributed by atoms with van der Waals surface area (Å²) in [7, 11) is 1.34. The Balaban J connectivity index is 2.27. The number of carbonyl (C=O) groups is 1. The Morgan fingerprint density at radius 1 is 1.65 bits per heavy atom. The molecule has 0 radical (unpaired) electrons. The van der Waals surface area contributed by atoms with Crippen LogP contribution in [0.1, 0.15) is 26.7 Å². The first-order valence-corrected chi connectivity index (χ1v) is 6.02. The number of ether oxygens (including phenoxy) is 3. The third-order valence-corrected chi connectivity index (χ3v) is 3.00. The zero-order valence-corrected chi connectivity index (χ0v) is 10.9. The van der Waals surface area contributed by atoms with E-state index in [0.717, 1.165) is 19.6 Å². The van der Waals surface area contributed by atoms with Crippen LogP contribution in [0, 0.1) is 5.92 Å². The second-order valence-corrected chi connectivity index (χ2v) is 4.99. The summed E-state index contributed by atoms with van der Waals surface area (Å²) in [6.07, 6.45) is 1.43. The van der Waals surface area contributed by atoms with Crippen LogP contribution in [0.4, 0.5) is 0 Å². The van der Waals surface area contributed by atoms with Crippen molar-refractivity contribution in [1.29, 1.82) is 0 Å². The SMILES string of the molecule is COC(=O)C(C)(N)CC(C)OCC1CCOC1. The Hall–Kier alpha value is -0.650. The summed E-state index contributed by atoms with van der Waals surface area (Å²) in [4.78, 5) is 11.4. The average Bonchev–Trinajstić information content (AvgIpc) is 2.77. The average molecular weight is 245 g/mol. The lowest BCUT2D eigenvalue weighted by molar-refractivity contribution is -0.148. The largest absolute Gasteiger partial charge is 0.468 e. The van der Waals surface area contributed by atoms with Crippen LogP contribution in [0.2, 0.25) is 0 Å². The summed E-state index contributed by atoms with van der Waals surface area (Å²) in [6.45, 7) is 5.84. The zero-order valence-electron chi connectivity index (χ0n) is 10.9. The van der Waals surface area contributed by atoms with Crippen molar-refractivity contribution in [3.05, 3.63) is 0 Å². The number of hydrogen-bond acceptors (Lipinski definition) is 5. The van der Waals surface area contributed by atoms with E-state index < -0.39 is 11.5 Å². The zero-order chi connectivity index (χ0) is 12.9. The van der Waals surface area contributed by atoms with E-state index >= 15 is 0 Å². The molecule has 5 heteroatoms. The van der Waals surface area contributed by atoms with Crippen molar-refractivity contribution >= 4 is 5.97 Å². The minimum Gasteiger partial charge on any atom is -0.468 e. The fourth-order valence-corrected chi connectivity index (χ4v) is 1.99. The first-order chi connectivity index (χ1) is 7.95. The van der Waals surface area contributed by atoms with Gasteiger partial charge in [-0.15, -0.1) is 0 Å². The lowest BCUT2D eigenvalue weighted by Gasteiger charge is -2.25. The molecule has 0 aromatic rings. The highest BCUT2D eigenvalue weighted by atomic mass is 16.5. The van der Waals surface area contributed by atoms with Crippen molar-refractivity contribution in [3.63, 3.8) is 0 Å². The van der Waals surface area contributed by atoms with Gasteiger partial charge in [0.2, 0.25) is 0 Å². The van der Waals surface area contributed by atoms with Crippen LogP contribution in [0.3, 0.4) is 0 Å². The molecular weight excluding hydrogens is 222 g/mol. The van der Waals surface area contributed by atoms with Gasteiger partial charge in [0, 0.05) is 18.9 Å². The van der Waals surface area contributed by atoms with Gasteiger partial charge in [-0.3, -0.25) is 4.79 Å². The number of carbonyl (C=O) groups excluding carboxylic acids is 1. The van der Waals surface area contributed by atoms with Crippen LogP contribution in [0.5, 0.6) is 0 Å². The van der Waals surface area contributed by atoms with E-state index in [-0.39, 0.29) is 6.10 Å². The monoisotopic (exact) mass is 245 g/mol. The van der Waals surface area contributed by atoms with Gasteiger partial charge >= 0.3 is 5.97 Å². The molecule has 0 aliphatic carbocycles. The molecule has 0 bridgehead atoms. The molecule has 0 aromatic carbocycles. The Labute approximate surface area is 103 Å². The van der Waals surface area contributed by atoms with Crippen LogP contribution < -0.4 is 5.73 Å². The maximum Gasteiger partial charge on any atom is 0.325 e. The van der Waals surface area contributed by atoms with E-state index in [0.29, 0.717) is 18.9 Å². The lowest BCUT2D eigenvalue weighted by atomic mass is 9.96. The summed E-state index contributed by atoms with van der Waals surface area (Å²) < 4.78 is 15.6. The van der Waals surface area contributed by atoms with Gasteiger partial charge in [-0.25, -0.2) is 0 Å². The number of methoxy groups -OCH3 is 1. The minimum atomic E-state index is -0.986. The van der Waals surface area contributed by atoms with Crippen molar-refractivity contribution in [2.75, 3.05) is 26.9 Å². The van der Waals surface area contributed by atoms with E-state index in [1.54, 1.807) is 6.92 Å². The molecule has 0 amide bonds. The number of nitrogens with two attached hydrogens (primary N) is 1. The Morgan fingerprint density at radius 3 is 2.88 bits per heavy atom. The van der Waals surface area contributed by atoms with Gasteiger partial charge in [0.05, 0.1) is 26.4 Å². The topological polar surface area (TPSA) is 70.8 Å². The summed E-state index contributed by atoms with van der Waals surface area (Å²) in [5.41, 5.74) is 4.89. The first-order valence-electron chi connectivity index (χ1n) is 6.02. The van der Waals surface area contributed by atoms with Gasteiger partial charge in [0.15, 0.2) is 0 Å². The fraction of sp³-hybridized carbons (Fsp3) is 0.917. The number of rotatable bonds is 6. The van der Waals surface area contributed by atoms with E-state index in [1.807, 2.05) is 6.92 Å². The van der Waals surface area contributed by atoms with Crippen LogP contribution in [0.25, 0.3) is 0 Å². The molecule has 3 atom stereocenters. The van der Waals surface area contributed by atoms with Crippen molar-refractivity contribution in [2.45, 2.75) is 38.3 Å². The summed E-state index contributed by atoms with van der Waals surface area (Å²) in [5.74, 6) is 0.0664. The molecule has 0 spiro atoms. The quantitative estimate of drug-likeness (QED) is 0.698. The fourth-order valence-electron chi connectivity index (χ4n) is 1.99. The minimum absolute atomic E-state index is 0.0651. The highest BCUT2D eigenvalue weighted by Crippen LogP contribution is 2.17. The molecule has 1 heterocycles. The van der Waals surface area contributed by atoms with Crippen molar-refractivity contribution in [1.82, 2.24) is 0 Å². The molecule has 0 saturated carbocycles. The van der Waals surface area contributed by atoms with Crippen LogP contribution in [-0.2, 0) is 19.0 Å². The standard InChI is InChI=1S/C12H23NO4/c1-9(6-12(2,13)11(14)15-3)17-8-10-4-5-16-7-10/h9-10H,4-8,13H2,1-3H3. The van der Waals surface area contributed by atoms with Crippen molar-refractivity contribution < 1.29 is 19.0 Å². The summed E-state index contributed by atoms with van der Waals surface area (Å²) in [6, 6.07) is 0. The first kappa shape index (κ1) is 14.4. The summed E-state index contributed by atoms with van der Waals surface area (Å²) >= 11 is 0. The predicted molar refractivity (Wildman–Crippen MR) is 63.6 cm³/mol. The second kappa shape index (κ2) is 6.33. The van der Waals surface area contributed by atoms with Gasteiger partial charge in [0.1, 0.15) is 5.54 Å². The van der Waals surface area contributed by atoms with E-state index in [9.17, 15) is 4.79 Å². The van der Waals surface area contributed by atoms with Gasteiger partial charge in [0.25, 0.3) is 0 Å². The molecule has 5 nitrogen and oxygen atoms in total. The Kier molecular flexibility index (Phi) is 5.36. The molecule has 1 aliphatic heterocycles. The van der Waals surface area contributed by atoms with Crippen LogP contribution in [-0.4, -0.2) is 44.5 Å². The van der Waals surface area contributed by atoms with Crippen molar-refractivity contribution in [3.8, 4) is 0 Å². The van der Waals surface area contributed by atoms with Gasteiger partial charge < -0.3 is 19.9 Å². The van der Waals surface area contributed by atoms with Crippen LogP contribution in [0.15, 0.2) is 0 Å². The number of esters is 1.